The van der Waals surface area contributed by atoms with E-state index in [9.17, 15) is 18.0 Å². The first-order valence-electron chi connectivity index (χ1n) is 4.38. The Morgan fingerprint density at radius 1 is 1.29 bits per heavy atom. The van der Waals surface area contributed by atoms with Gasteiger partial charge >= 0.3 is 17.9 Å². The molecule has 0 fully saturated rings. The summed E-state index contributed by atoms with van der Waals surface area (Å²) in [7, 11) is 1.07. The summed E-state index contributed by atoms with van der Waals surface area (Å²) in [6.45, 7) is 0. The fraction of sp³-hybridized carbons (Fsp3) is 0.200. The number of methoxy groups -OCH3 is 1. The molecule has 0 N–H and O–H groups in total. The number of hydrogen-bond acceptors (Lipinski definition) is 2. The van der Waals surface area contributed by atoms with Crippen molar-refractivity contribution in [1.82, 2.24) is 0 Å². The van der Waals surface area contributed by atoms with Crippen LogP contribution in [0.5, 0.6) is 0 Å². The minimum Gasteiger partial charge on any atom is -0.460 e. The summed E-state index contributed by atoms with van der Waals surface area (Å²) in [5, 5.41) is 0. The largest absolute Gasteiger partial charge is 0.460 e. The van der Waals surface area contributed by atoms with Crippen molar-refractivity contribution in [2.45, 2.75) is 6.18 Å². The van der Waals surface area contributed by atoms with Gasteiger partial charge < -0.3 is 10.3 Å². The van der Waals surface area contributed by atoms with E-state index in [-0.39, 0.29) is 5.56 Å². The third-order valence-corrected chi connectivity index (χ3v) is 1.96. The predicted octanol–water partition coefficient (Wildman–Crippen LogP) is 1.90. The first-order chi connectivity index (χ1) is 7.90. The van der Waals surface area contributed by atoms with Crippen LogP contribution >= 0.6 is 0 Å². The minimum absolute atomic E-state index is 0.0346. The first-order valence-corrected chi connectivity index (χ1v) is 4.38. The second-order valence-corrected chi connectivity index (χ2v) is 3.02. The normalized spacial score (nSPS) is 10.6. The highest BCUT2D eigenvalue weighted by molar-refractivity contribution is 6.40. The Morgan fingerprint density at radius 2 is 1.82 bits per heavy atom. The predicted molar refractivity (Wildman–Crippen MR) is 51.2 cm³/mol. The van der Waals surface area contributed by atoms with Gasteiger partial charge in [-0.2, -0.15) is 18.0 Å². The maximum atomic E-state index is 12.3. The molecule has 4 nitrogen and oxygen atoms in total. The second kappa shape index (κ2) is 4.80. The third-order valence-electron chi connectivity index (χ3n) is 1.96. The molecular weight excluding hydrogens is 237 g/mol. The summed E-state index contributed by atoms with van der Waals surface area (Å²) in [5.74, 6) is -0.938. The minimum atomic E-state index is -4.46. The van der Waals surface area contributed by atoms with Crippen LogP contribution in [-0.4, -0.2) is 23.6 Å². The van der Waals surface area contributed by atoms with Crippen LogP contribution in [0.3, 0.4) is 0 Å². The van der Waals surface area contributed by atoms with E-state index in [0.29, 0.717) is 0 Å². The lowest BCUT2D eigenvalue weighted by Gasteiger charge is -2.05. The van der Waals surface area contributed by atoms with Crippen LogP contribution in [0.4, 0.5) is 13.2 Å². The van der Waals surface area contributed by atoms with Gasteiger partial charge in [0.1, 0.15) is 0 Å². The van der Waals surface area contributed by atoms with E-state index in [4.69, 9.17) is 5.53 Å². The number of carbonyl (C=O) groups excluding carboxylic acids is 1. The van der Waals surface area contributed by atoms with E-state index >= 15 is 0 Å². The molecule has 0 unspecified atom stereocenters. The van der Waals surface area contributed by atoms with Crippen LogP contribution in [0.2, 0.25) is 0 Å². The van der Waals surface area contributed by atoms with Crippen LogP contribution in [0.15, 0.2) is 24.3 Å². The van der Waals surface area contributed by atoms with E-state index in [1.807, 2.05) is 0 Å². The summed E-state index contributed by atoms with van der Waals surface area (Å²) in [6.07, 6.45) is -4.46. The molecule has 0 aliphatic rings. The number of rotatable bonds is 2. The molecule has 0 saturated heterocycles. The Hall–Kier alpha value is -2.14. The van der Waals surface area contributed by atoms with Crippen LogP contribution in [0.25, 0.3) is 5.53 Å². The molecule has 17 heavy (non-hydrogen) atoms. The number of benzene rings is 1. The monoisotopic (exact) mass is 244 g/mol. The van der Waals surface area contributed by atoms with Gasteiger partial charge in [-0.3, -0.25) is 0 Å². The Bertz CT molecular complexity index is 473. The van der Waals surface area contributed by atoms with E-state index < -0.39 is 23.4 Å². The molecule has 1 aromatic rings. The summed E-state index contributed by atoms with van der Waals surface area (Å²) >= 11 is 0. The number of halogens is 3. The highest BCUT2D eigenvalue weighted by Crippen LogP contribution is 2.29. The van der Waals surface area contributed by atoms with Gasteiger partial charge in [-0.1, -0.05) is 0 Å². The van der Waals surface area contributed by atoms with Crippen LogP contribution < -0.4 is 0 Å². The van der Waals surface area contributed by atoms with Crippen molar-refractivity contribution in [1.29, 1.82) is 0 Å². The summed E-state index contributed by atoms with van der Waals surface area (Å²) in [5.41, 5.74) is 7.29. The molecule has 0 atom stereocenters. The van der Waals surface area contributed by atoms with Gasteiger partial charge in [0.25, 0.3) is 0 Å². The van der Waals surface area contributed by atoms with E-state index in [1.165, 1.54) is 0 Å². The molecule has 0 heterocycles. The van der Waals surface area contributed by atoms with Crippen molar-refractivity contribution in [3.05, 3.63) is 40.9 Å². The van der Waals surface area contributed by atoms with Gasteiger partial charge in [-0.15, -0.1) is 0 Å². The van der Waals surface area contributed by atoms with E-state index in [1.54, 1.807) is 0 Å². The highest BCUT2D eigenvalue weighted by Gasteiger charge is 2.31. The second-order valence-electron chi connectivity index (χ2n) is 3.02. The number of alkyl halides is 3. The highest BCUT2D eigenvalue weighted by atomic mass is 19.4. The maximum Gasteiger partial charge on any atom is 0.422 e. The molecule has 0 amide bonds. The molecular formula is C10H7F3N2O2. The molecule has 1 aromatic carbocycles. The van der Waals surface area contributed by atoms with Crippen molar-refractivity contribution in [2.24, 2.45) is 0 Å². The van der Waals surface area contributed by atoms with Gasteiger partial charge in [0.15, 0.2) is 0 Å². The van der Waals surface area contributed by atoms with Gasteiger partial charge in [0.2, 0.25) is 0 Å². The quantitative estimate of drug-likeness (QED) is 0.345. The SMILES string of the molecule is COC(=O)C(=[N+]=[N-])c1ccc(C(F)(F)F)cc1. The molecule has 1 rings (SSSR count). The van der Waals surface area contributed by atoms with Crippen LogP contribution in [-0.2, 0) is 15.7 Å². The number of nitrogens with zero attached hydrogens (tertiary/aromatic N) is 2. The Morgan fingerprint density at radius 3 is 2.18 bits per heavy atom. The number of hydrogen-bond donors (Lipinski definition) is 0. The van der Waals surface area contributed by atoms with E-state index in [2.05, 4.69) is 9.53 Å². The van der Waals surface area contributed by atoms with Crippen molar-refractivity contribution >= 4 is 11.7 Å². The Kier molecular flexibility index (Phi) is 3.65. The summed E-state index contributed by atoms with van der Waals surface area (Å²) in [6, 6.07) is 3.61. The molecule has 0 radical (unpaired) electrons. The Labute approximate surface area is 94.2 Å². The smallest absolute Gasteiger partial charge is 0.422 e. The van der Waals surface area contributed by atoms with Crippen molar-refractivity contribution in [3.63, 3.8) is 0 Å². The fourth-order valence-electron chi connectivity index (χ4n) is 1.13. The molecule has 0 aliphatic carbocycles. The molecule has 0 aliphatic heterocycles. The lowest BCUT2D eigenvalue weighted by Crippen LogP contribution is -2.18. The summed E-state index contributed by atoms with van der Waals surface area (Å²) < 4.78 is 41.1. The van der Waals surface area contributed by atoms with Gasteiger partial charge in [0, 0.05) is 0 Å². The molecule has 90 valence electrons. The topological polar surface area (TPSA) is 62.7 Å². The molecule has 7 heteroatoms. The standard InChI is InChI=1S/C10H7F3N2O2/c1-17-9(16)8(15-14)6-2-4-7(5-3-6)10(11,12)13/h2-5H,1H3. The molecule has 0 aromatic heterocycles. The zero-order chi connectivity index (χ0) is 13.1. The summed E-state index contributed by atoms with van der Waals surface area (Å²) in [4.78, 5) is 13.8. The van der Waals surface area contributed by atoms with Gasteiger partial charge in [-0.25, -0.2) is 4.79 Å². The fourth-order valence-corrected chi connectivity index (χ4v) is 1.13. The third kappa shape index (κ3) is 2.92. The maximum absolute atomic E-state index is 12.3. The lowest BCUT2D eigenvalue weighted by molar-refractivity contribution is -0.137. The molecule has 0 spiro atoms. The van der Waals surface area contributed by atoms with Crippen molar-refractivity contribution < 1.29 is 27.5 Å². The average molecular weight is 244 g/mol. The van der Waals surface area contributed by atoms with Crippen LogP contribution in [0.1, 0.15) is 11.1 Å². The Balaban J connectivity index is 3.11. The zero-order valence-corrected chi connectivity index (χ0v) is 8.65. The van der Waals surface area contributed by atoms with E-state index in [0.717, 1.165) is 31.4 Å². The lowest BCUT2D eigenvalue weighted by atomic mass is 10.1. The number of carbonyl (C=O) groups is 1. The molecule has 0 saturated carbocycles. The van der Waals surface area contributed by atoms with Crippen molar-refractivity contribution in [2.75, 3.05) is 7.11 Å². The molecule has 0 bridgehead atoms. The number of esters is 1. The van der Waals surface area contributed by atoms with Crippen LogP contribution in [0, 0.1) is 0 Å². The first kappa shape index (κ1) is 12.9. The van der Waals surface area contributed by atoms with Gasteiger partial charge in [-0.05, 0) is 24.3 Å². The average Bonchev–Trinajstić information content (AvgIpc) is 2.29. The number of ether oxygens (including phenoxy) is 1. The van der Waals surface area contributed by atoms with Gasteiger partial charge in [0.05, 0.1) is 18.2 Å². The zero-order valence-electron chi connectivity index (χ0n) is 8.65. The van der Waals surface area contributed by atoms with Crippen molar-refractivity contribution in [3.8, 4) is 0 Å².